The molecule has 2 heterocycles. The smallest absolute Gasteiger partial charge is 0.191 e. The van der Waals surface area contributed by atoms with Crippen LogP contribution in [0, 0.1) is 5.92 Å². The maximum Gasteiger partial charge on any atom is 0.191 e. The summed E-state index contributed by atoms with van der Waals surface area (Å²) in [5.41, 5.74) is 0. The third-order valence-electron chi connectivity index (χ3n) is 5.04. The van der Waals surface area contributed by atoms with Crippen LogP contribution in [0.25, 0.3) is 0 Å². The van der Waals surface area contributed by atoms with E-state index in [9.17, 15) is 0 Å². The number of nitrogens with zero attached hydrogens (tertiary/aromatic N) is 3. The fourth-order valence-electron chi connectivity index (χ4n) is 3.80. The largest absolute Gasteiger partial charge is 0.374 e. The second-order valence-electron chi connectivity index (χ2n) is 7.86. The standard InChI is InChI=1S/C19H39N5O.HI/c1-5-8-23-9-6-17(7-10-23)22-19(20-4)21-13-18-15-24(11-12-25-18)14-16(2)3;/h16-18H,5-15H2,1-4H3,(H2,20,21,22);1H. The average Bonchev–Trinajstić information content (AvgIpc) is 2.60. The topological polar surface area (TPSA) is 52.1 Å². The van der Waals surface area contributed by atoms with Crippen molar-refractivity contribution < 1.29 is 4.74 Å². The lowest BCUT2D eigenvalue weighted by Gasteiger charge is -2.35. The number of halogens is 1. The molecule has 2 rings (SSSR count). The van der Waals surface area contributed by atoms with E-state index >= 15 is 0 Å². The van der Waals surface area contributed by atoms with E-state index in [1.807, 2.05) is 7.05 Å². The Morgan fingerprint density at radius 3 is 2.54 bits per heavy atom. The molecule has 0 radical (unpaired) electrons. The van der Waals surface area contributed by atoms with E-state index < -0.39 is 0 Å². The first-order valence-corrected chi connectivity index (χ1v) is 10.1. The van der Waals surface area contributed by atoms with Gasteiger partial charge in [0.15, 0.2) is 5.96 Å². The quantitative estimate of drug-likeness (QED) is 0.331. The Bertz CT molecular complexity index is 399. The number of hydrogen-bond acceptors (Lipinski definition) is 4. The summed E-state index contributed by atoms with van der Waals surface area (Å²) in [5.74, 6) is 1.62. The first-order chi connectivity index (χ1) is 12.1. The summed E-state index contributed by atoms with van der Waals surface area (Å²) < 4.78 is 5.92. The molecule has 7 heteroatoms. The van der Waals surface area contributed by atoms with Crippen LogP contribution in [0.2, 0.25) is 0 Å². The van der Waals surface area contributed by atoms with Crippen molar-refractivity contribution in [1.29, 1.82) is 0 Å². The van der Waals surface area contributed by atoms with E-state index in [4.69, 9.17) is 4.74 Å². The molecule has 6 nitrogen and oxygen atoms in total. The van der Waals surface area contributed by atoms with Crippen molar-refractivity contribution in [3.05, 3.63) is 0 Å². The minimum atomic E-state index is 0. The number of likely N-dealkylation sites (tertiary alicyclic amines) is 1. The third kappa shape index (κ3) is 8.71. The number of nitrogens with one attached hydrogen (secondary N) is 2. The van der Waals surface area contributed by atoms with Gasteiger partial charge in [-0.2, -0.15) is 0 Å². The fraction of sp³-hybridized carbons (Fsp3) is 0.947. The highest BCUT2D eigenvalue weighted by atomic mass is 127. The Labute approximate surface area is 177 Å². The highest BCUT2D eigenvalue weighted by molar-refractivity contribution is 14.0. The van der Waals surface area contributed by atoms with E-state index in [1.54, 1.807) is 0 Å². The number of hydrogen-bond donors (Lipinski definition) is 2. The van der Waals surface area contributed by atoms with Gasteiger partial charge in [0.1, 0.15) is 0 Å². The van der Waals surface area contributed by atoms with Crippen LogP contribution in [0.4, 0.5) is 0 Å². The maximum atomic E-state index is 5.92. The molecule has 0 saturated carbocycles. The Balaban J connectivity index is 0.00000338. The number of guanidine groups is 1. The molecule has 1 atom stereocenters. The molecule has 154 valence electrons. The van der Waals surface area contributed by atoms with Gasteiger partial charge in [-0.25, -0.2) is 0 Å². The van der Waals surface area contributed by atoms with Crippen molar-refractivity contribution in [3.8, 4) is 0 Å². The lowest BCUT2D eigenvalue weighted by Crippen LogP contribution is -2.52. The van der Waals surface area contributed by atoms with Crippen LogP contribution in [0.1, 0.15) is 40.0 Å². The molecule has 1 unspecified atom stereocenters. The van der Waals surface area contributed by atoms with Crippen molar-refractivity contribution in [2.75, 3.05) is 59.5 Å². The number of piperidine rings is 1. The second kappa shape index (κ2) is 13.1. The predicted octanol–water partition coefficient (Wildman–Crippen LogP) is 2.00. The molecule has 2 aliphatic heterocycles. The Kier molecular flexibility index (Phi) is 12.1. The number of aliphatic imine (C=N–C) groups is 1. The highest BCUT2D eigenvalue weighted by Crippen LogP contribution is 2.11. The van der Waals surface area contributed by atoms with Gasteiger partial charge in [-0.1, -0.05) is 20.8 Å². The van der Waals surface area contributed by atoms with Gasteiger partial charge in [0, 0.05) is 52.4 Å². The van der Waals surface area contributed by atoms with Crippen molar-refractivity contribution in [2.45, 2.75) is 52.2 Å². The molecular weight excluding hydrogens is 441 g/mol. The van der Waals surface area contributed by atoms with Crippen molar-refractivity contribution in [2.24, 2.45) is 10.9 Å². The summed E-state index contributed by atoms with van der Waals surface area (Å²) in [7, 11) is 1.86. The van der Waals surface area contributed by atoms with Crippen molar-refractivity contribution >= 4 is 29.9 Å². The van der Waals surface area contributed by atoms with E-state index in [0.717, 1.165) is 38.7 Å². The van der Waals surface area contributed by atoms with Crippen LogP contribution >= 0.6 is 24.0 Å². The van der Waals surface area contributed by atoms with Gasteiger partial charge in [0.2, 0.25) is 0 Å². The predicted molar refractivity (Wildman–Crippen MR) is 121 cm³/mol. The summed E-state index contributed by atoms with van der Waals surface area (Å²) in [6.45, 7) is 15.3. The number of rotatable bonds is 7. The Morgan fingerprint density at radius 2 is 1.92 bits per heavy atom. The van der Waals surface area contributed by atoms with Crippen LogP contribution < -0.4 is 10.6 Å². The average molecular weight is 481 g/mol. The van der Waals surface area contributed by atoms with Gasteiger partial charge >= 0.3 is 0 Å². The molecule has 2 aliphatic rings. The molecular formula is C19H40IN5O. The molecule has 0 amide bonds. The van der Waals surface area contributed by atoms with Gasteiger partial charge < -0.3 is 20.3 Å². The monoisotopic (exact) mass is 481 g/mol. The van der Waals surface area contributed by atoms with Crippen molar-refractivity contribution in [1.82, 2.24) is 20.4 Å². The Morgan fingerprint density at radius 1 is 1.19 bits per heavy atom. The maximum absolute atomic E-state index is 5.92. The summed E-state index contributed by atoms with van der Waals surface area (Å²) in [4.78, 5) is 9.48. The van der Waals surface area contributed by atoms with Gasteiger partial charge in [-0.05, 0) is 31.7 Å². The normalized spacial score (nSPS) is 23.7. The zero-order chi connectivity index (χ0) is 18.1. The van der Waals surface area contributed by atoms with Crippen LogP contribution in [-0.2, 0) is 4.74 Å². The molecule has 0 spiro atoms. The number of ether oxygens (including phenoxy) is 1. The van der Waals surface area contributed by atoms with Crippen LogP contribution in [0.5, 0.6) is 0 Å². The minimum absolute atomic E-state index is 0. The minimum Gasteiger partial charge on any atom is -0.374 e. The fourth-order valence-corrected chi connectivity index (χ4v) is 3.80. The summed E-state index contributed by atoms with van der Waals surface area (Å²) in [6, 6.07) is 0.531. The first kappa shape index (κ1) is 23.9. The SMILES string of the molecule is CCCN1CCC(NC(=NC)NCC2CN(CC(C)C)CCO2)CC1.I. The molecule has 0 bridgehead atoms. The second-order valence-corrected chi connectivity index (χ2v) is 7.86. The zero-order valence-corrected chi connectivity index (χ0v) is 19.5. The van der Waals surface area contributed by atoms with Crippen LogP contribution in [-0.4, -0.2) is 87.4 Å². The van der Waals surface area contributed by atoms with E-state index in [1.165, 1.54) is 38.9 Å². The number of morpholine rings is 1. The van der Waals surface area contributed by atoms with E-state index in [0.29, 0.717) is 12.0 Å². The van der Waals surface area contributed by atoms with Crippen LogP contribution in [0.3, 0.4) is 0 Å². The molecule has 2 saturated heterocycles. The highest BCUT2D eigenvalue weighted by Gasteiger charge is 2.22. The van der Waals surface area contributed by atoms with E-state index in [-0.39, 0.29) is 30.1 Å². The first-order valence-electron chi connectivity index (χ1n) is 10.1. The Hall–Kier alpha value is -0.120. The molecule has 2 N–H and O–H groups in total. The van der Waals surface area contributed by atoms with Crippen LogP contribution in [0.15, 0.2) is 4.99 Å². The summed E-state index contributed by atoms with van der Waals surface area (Å²) >= 11 is 0. The molecule has 2 fully saturated rings. The zero-order valence-electron chi connectivity index (χ0n) is 17.2. The summed E-state index contributed by atoms with van der Waals surface area (Å²) in [6.07, 6.45) is 3.89. The van der Waals surface area contributed by atoms with E-state index in [2.05, 4.69) is 46.2 Å². The summed E-state index contributed by atoms with van der Waals surface area (Å²) in [5, 5.41) is 7.06. The lowest BCUT2D eigenvalue weighted by molar-refractivity contribution is -0.0284. The van der Waals surface area contributed by atoms with Crippen molar-refractivity contribution in [3.63, 3.8) is 0 Å². The molecule has 0 aliphatic carbocycles. The molecule has 0 aromatic heterocycles. The third-order valence-corrected chi connectivity index (χ3v) is 5.04. The van der Waals surface area contributed by atoms with Gasteiger partial charge in [-0.3, -0.25) is 9.89 Å². The molecule has 0 aromatic carbocycles. The molecule has 26 heavy (non-hydrogen) atoms. The van der Waals surface area contributed by atoms with Gasteiger partial charge in [0.05, 0.1) is 12.7 Å². The van der Waals surface area contributed by atoms with Gasteiger partial charge in [-0.15, -0.1) is 24.0 Å². The lowest BCUT2D eigenvalue weighted by atomic mass is 10.1. The molecule has 0 aromatic rings. The van der Waals surface area contributed by atoms with Gasteiger partial charge in [0.25, 0.3) is 0 Å².